The van der Waals surface area contributed by atoms with Gasteiger partial charge in [0.25, 0.3) is 0 Å². The van der Waals surface area contributed by atoms with Gasteiger partial charge in [0.05, 0.1) is 6.21 Å². The molecule has 0 fully saturated rings. The van der Waals surface area contributed by atoms with E-state index in [0.29, 0.717) is 16.7 Å². The first-order valence-corrected chi connectivity index (χ1v) is 5.28. The molecule has 1 heterocycles. The molecule has 1 aromatic carbocycles. The zero-order valence-electron chi connectivity index (χ0n) is 10.0. The second-order valence-corrected chi connectivity index (χ2v) is 3.63. The van der Waals surface area contributed by atoms with Gasteiger partial charge in [-0.3, -0.25) is 4.98 Å². The summed E-state index contributed by atoms with van der Waals surface area (Å²) in [5, 5.41) is 11.3. The van der Waals surface area contributed by atoms with Gasteiger partial charge in [-0.05, 0) is 24.3 Å². The Balaban J connectivity index is 0.00000200. The highest BCUT2D eigenvalue weighted by atomic mass is 35.5. The monoisotopic (exact) mass is 294 g/mol. The van der Waals surface area contributed by atoms with Crippen molar-refractivity contribution in [2.24, 2.45) is 5.16 Å². The van der Waals surface area contributed by atoms with Crippen molar-refractivity contribution in [3.8, 4) is 11.8 Å². The van der Waals surface area contributed by atoms with Crippen molar-refractivity contribution < 1.29 is 14.0 Å². The lowest BCUT2D eigenvalue weighted by Crippen LogP contribution is -1.87. The van der Waals surface area contributed by atoms with Crippen molar-refractivity contribution >= 4 is 18.6 Å². The normalized spacial score (nSPS) is 9.70. The largest absolute Gasteiger partial charge is 0.411 e. The summed E-state index contributed by atoms with van der Waals surface area (Å²) in [7, 11) is 0. The highest BCUT2D eigenvalue weighted by Gasteiger charge is 2.00. The van der Waals surface area contributed by atoms with Gasteiger partial charge in [-0.2, -0.15) is 0 Å². The molecule has 2 rings (SSSR count). The average molecular weight is 295 g/mol. The molecule has 0 atom stereocenters. The van der Waals surface area contributed by atoms with Gasteiger partial charge in [-0.15, -0.1) is 12.4 Å². The number of halogens is 3. The Morgan fingerprint density at radius 2 is 1.80 bits per heavy atom. The Bertz CT molecular complexity index is 693. The third-order valence-electron chi connectivity index (χ3n) is 2.24. The molecule has 2 aromatic rings. The maximum Gasteiger partial charge on any atom is 0.160 e. The van der Waals surface area contributed by atoms with Gasteiger partial charge in [0.1, 0.15) is 0 Å². The summed E-state index contributed by atoms with van der Waals surface area (Å²) < 4.78 is 25.7. The van der Waals surface area contributed by atoms with Crippen LogP contribution >= 0.6 is 12.4 Å². The van der Waals surface area contributed by atoms with Gasteiger partial charge >= 0.3 is 0 Å². The highest BCUT2D eigenvalue weighted by molar-refractivity contribution is 5.85. The van der Waals surface area contributed by atoms with E-state index in [4.69, 9.17) is 5.21 Å². The quantitative estimate of drug-likeness (QED) is 0.380. The van der Waals surface area contributed by atoms with Crippen LogP contribution in [0.2, 0.25) is 0 Å². The first-order chi connectivity index (χ1) is 9.19. The lowest BCUT2D eigenvalue weighted by molar-refractivity contribution is 0.322. The number of hydrogen-bond acceptors (Lipinski definition) is 3. The fourth-order valence-electron chi connectivity index (χ4n) is 1.38. The van der Waals surface area contributed by atoms with E-state index >= 15 is 0 Å². The summed E-state index contributed by atoms with van der Waals surface area (Å²) in [5.41, 5.74) is 1.52. The van der Waals surface area contributed by atoms with Gasteiger partial charge in [0.15, 0.2) is 11.6 Å². The standard InChI is InChI=1S/C14H8F2N2O.ClH/c15-13-4-3-10(6-14(13)16)1-2-11-5-12(9-18-19)8-17-7-11;/h3-9,19H;1H. The molecule has 0 amide bonds. The molecule has 0 spiro atoms. The van der Waals surface area contributed by atoms with E-state index < -0.39 is 11.6 Å². The molecule has 6 heteroatoms. The number of hydrogen-bond donors (Lipinski definition) is 1. The van der Waals surface area contributed by atoms with E-state index in [1.807, 2.05) is 0 Å². The van der Waals surface area contributed by atoms with Gasteiger partial charge in [-0.25, -0.2) is 8.78 Å². The minimum absolute atomic E-state index is 0. The predicted molar refractivity (Wildman–Crippen MR) is 73.2 cm³/mol. The minimum atomic E-state index is -0.939. The van der Waals surface area contributed by atoms with E-state index in [9.17, 15) is 8.78 Å². The summed E-state index contributed by atoms with van der Waals surface area (Å²) in [6.07, 6.45) is 4.24. The van der Waals surface area contributed by atoms with Crippen molar-refractivity contribution in [1.29, 1.82) is 0 Å². The van der Waals surface area contributed by atoms with Crippen LogP contribution in [0.5, 0.6) is 0 Å². The summed E-state index contributed by atoms with van der Waals surface area (Å²) in [5.74, 6) is 3.61. The number of nitrogens with zero attached hydrogens (tertiary/aromatic N) is 2. The summed E-state index contributed by atoms with van der Waals surface area (Å²) in [6, 6.07) is 5.08. The first kappa shape index (κ1) is 15.6. The van der Waals surface area contributed by atoms with Crippen LogP contribution in [0.15, 0.2) is 41.8 Å². The smallest absolute Gasteiger partial charge is 0.160 e. The van der Waals surface area contributed by atoms with E-state index in [1.54, 1.807) is 6.07 Å². The summed E-state index contributed by atoms with van der Waals surface area (Å²) in [4.78, 5) is 3.91. The third-order valence-corrected chi connectivity index (χ3v) is 2.24. The zero-order chi connectivity index (χ0) is 13.7. The van der Waals surface area contributed by atoms with Gasteiger partial charge < -0.3 is 5.21 Å². The molecule has 0 aliphatic rings. The van der Waals surface area contributed by atoms with Gasteiger partial charge in [0.2, 0.25) is 0 Å². The number of benzene rings is 1. The Hall–Kier alpha value is -2.45. The molecule has 0 saturated heterocycles. The second kappa shape index (κ2) is 7.22. The number of aromatic nitrogens is 1. The lowest BCUT2D eigenvalue weighted by Gasteiger charge is -1.94. The Labute approximate surface area is 120 Å². The van der Waals surface area contributed by atoms with Gasteiger partial charge in [-0.1, -0.05) is 17.0 Å². The molecule has 0 unspecified atom stereocenters. The van der Waals surface area contributed by atoms with Crippen LogP contribution in [0.4, 0.5) is 8.78 Å². The molecule has 102 valence electrons. The van der Waals surface area contributed by atoms with Crippen molar-refractivity contribution in [2.75, 3.05) is 0 Å². The summed E-state index contributed by atoms with van der Waals surface area (Å²) in [6.45, 7) is 0. The van der Waals surface area contributed by atoms with Crippen LogP contribution in [-0.2, 0) is 0 Å². The lowest BCUT2D eigenvalue weighted by atomic mass is 10.2. The van der Waals surface area contributed by atoms with E-state index in [2.05, 4.69) is 22.0 Å². The Kier molecular flexibility index (Phi) is 5.63. The number of rotatable bonds is 1. The van der Waals surface area contributed by atoms with E-state index in [-0.39, 0.29) is 12.4 Å². The summed E-state index contributed by atoms with van der Waals surface area (Å²) >= 11 is 0. The highest BCUT2D eigenvalue weighted by Crippen LogP contribution is 2.08. The third kappa shape index (κ3) is 4.04. The first-order valence-electron chi connectivity index (χ1n) is 5.28. The van der Waals surface area contributed by atoms with Crippen LogP contribution in [-0.4, -0.2) is 16.4 Å². The van der Waals surface area contributed by atoms with Crippen molar-refractivity contribution in [3.05, 3.63) is 65.0 Å². The maximum atomic E-state index is 13.0. The molecule has 0 saturated carbocycles. The van der Waals surface area contributed by atoms with Gasteiger partial charge in [0, 0.05) is 29.1 Å². The molecular weight excluding hydrogens is 286 g/mol. The average Bonchev–Trinajstić information content (AvgIpc) is 2.41. The molecule has 3 nitrogen and oxygen atoms in total. The van der Waals surface area contributed by atoms with Crippen LogP contribution < -0.4 is 0 Å². The molecular formula is C14H9ClF2N2O. The van der Waals surface area contributed by atoms with Crippen LogP contribution in [0.25, 0.3) is 0 Å². The topological polar surface area (TPSA) is 45.5 Å². The fourth-order valence-corrected chi connectivity index (χ4v) is 1.38. The molecule has 0 aliphatic heterocycles. The van der Waals surface area contributed by atoms with Crippen LogP contribution in [0.3, 0.4) is 0 Å². The maximum absolute atomic E-state index is 13.0. The SMILES string of the molecule is Cl.ON=Cc1cncc(C#Cc2ccc(F)c(F)c2)c1. The molecule has 0 aliphatic carbocycles. The van der Waals surface area contributed by atoms with Crippen LogP contribution in [0.1, 0.15) is 16.7 Å². The molecule has 1 N–H and O–H groups in total. The number of oxime groups is 1. The molecule has 20 heavy (non-hydrogen) atoms. The molecule has 0 bridgehead atoms. The Morgan fingerprint density at radius 3 is 2.50 bits per heavy atom. The van der Waals surface area contributed by atoms with E-state index in [1.165, 1.54) is 24.7 Å². The molecule has 0 radical (unpaired) electrons. The Morgan fingerprint density at radius 1 is 1.05 bits per heavy atom. The van der Waals surface area contributed by atoms with Crippen LogP contribution in [0, 0.1) is 23.5 Å². The van der Waals surface area contributed by atoms with Crippen molar-refractivity contribution in [3.63, 3.8) is 0 Å². The van der Waals surface area contributed by atoms with E-state index in [0.717, 1.165) is 12.1 Å². The second-order valence-electron chi connectivity index (χ2n) is 3.63. The zero-order valence-corrected chi connectivity index (χ0v) is 10.9. The number of pyridine rings is 1. The van der Waals surface area contributed by atoms with Crippen molar-refractivity contribution in [2.45, 2.75) is 0 Å². The fraction of sp³-hybridized carbons (Fsp3) is 0. The minimum Gasteiger partial charge on any atom is -0.411 e. The molecule has 1 aromatic heterocycles. The van der Waals surface area contributed by atoms with Crippen molar-refractivity contribution in [1.82, 2.24) is 4.98 Å². The predicted octanol–water partition coefficient (Wildman–Crippen LogP) is 2.99.